The zero-order chi connectivity index (χ0) is 45.9. The second-order valence-corrected chi connectivity index (χ2v) is 18.7. The first-order valence-electron chi connectivity index (χ1n) is 24.0. The van der Waals surface area contributed by atoms with Gasteiger partial charge >= 0.3 is 0 Å². The number of furan rings is 1. The van der Waals surface area contributed by atoms with Crippen LogP contribution >= 0.6 is 0 Å². The van der Waals surface area contributed by atoms with E-state index in [1.807, 2.05) is 0 Å². The second-order valence-electron chi connectivity index (χ2n) is 18.7. The van der Waals surface area contributed by atoms with E-state index < -0.39 is 0 Å². The van der Waals surface area contributed by atoms with E-state index >= 15 is 0 Å². The van der Waals surface area contributed by atoms with Gasteiger partial charge in [-0.2, -0.15) is 0 Å². The molecule has 15 rings (SSSR count). The molecule has 70 heavy (non-hydrogen) atoms. The van der Waals surface area contributed by atoms with E-state index in [2.05, 4.69) is 229 Å². The summed E-state index contributed by atoms with van der Waals surface area (Å²) in [5.41, 5.74) is 13.9. The van der Waals surface area contributed by atoms with Crippen molar-refractivity contribution in [3.8, 4) is 51.0 Å². The van der Waals surface area contributed by atoms with Crippen molar-refractivity contribution in [1.82, 2.24) is 19.5 Å². The minimum Gasteiger partial charge on any atom is -0.455 e. The van der Waals surface area contributed by atoms with E-state index in [9.17, 15) is 0 Å². The third-order valence-electron chi connectivity index (χ3n) is 14.8. The molecule has 0 saturated carbocycles. The van der Waals surface area contributed by atoms with Gasteiger partial charge in [-0.15, -0.1) is 0 Å². The van der Waals surface area contributed by atoms with Gasteiger partial charge in [0.2, 0.25) is 0 Å². The fourth-order valence-corrected chi connectivity index (χ4v) is 11.5. The molecule has 1 aliphatic carbocycles. The molecule has 0 unspecified atom stereocenters. The Kier molecular flexibility index (Phi) is 8.42. The number of benzene rings is 11. The summed E-state index contributed by atoms with van der Waals surface area (Å²) in [5, 5.41) is 11.3. The van der Waals surface area contributed by atoms with Gasteiger partial charge in [0.15, 0.2) is 17.5 Å². The second kappa shape index (κ2) is 15.2. The Bertz CT molecular complexity index is 4460. The molecule has 0 spiro atoms. The van der Waals surface area contributed by atoms with Gasteiger partial charge in [0.1, 0.15) is 11.2 Å². The number of hydrogen-bond acceptors (Lipinski definition) is 4. The van der Waals surface area contributed by atoms with Gasteiger partial charge in [-0.25, -0.2) is 15.0 Å². The van der Waals surface area contributed by atoms with Gasteiger partial charge in [0.25, 0.3) is 0 Å². The van der Waals surface area contributed by atoms with Crippen LogP contribution in [-0.2, 0) is 6.42 Å². The molecule has 1 atom stereocenters. The highest BCUT2D eigenvalue weighted by Crippen LogP contribution is 2.46. The van der Waals surface area contributed by atoms with Crippen molar-refractivity contribution < 1.29 is 4.42 Å². The van der Waals surface area contributed by atoms with Crippen LogP contribution in [0.4, 0.5) is 0 Å². The smallest absolute Gasteiger partial charge is 0.167 e. The molecule has 3 heterocycles. The Morgan fingerprint density at radius 2 is 1.06 bits per heavy atom. The minimum atomic E-state index is 0.265. The monoisotopic (exact) mass is 892 g/mol. The van der Waals surface area contributed by atoms with Crippen molar-refractivity contribution in [3.63, 3.8) is 0 Å². The van der Waals surface area contributed by atoms with Gasteiger partial charge in [-0.05, 0) is 109 Å². The average Bonchev–Trinajstić information content (AvgIpc) is 3.97. The minimum absolute atomic E-state index is 0.265. The summed E-state index contributed by atoms with van der Waals surface area (Å²) in [7, 11) is 0. The number of fused-ring (bicyclic) bond motifs is 13. The zero-order valence-electron chi connectivity index (χ0n) is 37.8. The van der Waals surface area contributed by atoms with Crippen LogP contribution in [-0.4, -0.2) is 19.5 Å². The lowest BCUT2D eigenvalue weighted by molar-refractivity contribution is 0.669. The summed E-state index contributed by atoms with van der Waals surface area (Å²) < 4.78 is 9.47. The Morgan fingerprint density at radius 1 is 0.400 bits per heavy atom. The molecule has 5 nitrogen and oxygen atoms in total. The van der Waals surface area contributed by atoms with Crippen molar-refractivity contribution in [2.24, 2.45) is 0 Å². The largest absolute Gasteiger partial charge is 0.455 e. The molecular formula is C65H40N4O. The third-order valence-corrected chi connectivity index (χ3v) is 14.8. The molecule has 14 aromatic rings. The highest BCUT2D eigenvalue weighted by molar-refractivity contribution is 6.21. The Hall–Kier alpha value is -9.19. The van der Waals surface area contributed by atoms with Crippen LogP contribution in [0.25, 0.3) is 127 Å². The number of aromatic nitrogens is 4. The molecule has 5 heteroatoms. The fraction of sp³-hybridized carbons (Fsp3) is 0.0308. The number of para-hydroxylation sites is 1. The van der Waals surface area contributed by atoms with Gasteiger partial charge < -0.3 is 8.98 Å². The number of rotatable bonds is 5. The lowest BCUT2D eigenvalue weighted by Crippen LogP contribution is -2.12. The molecule has 11 aromatic carbocycles. The lowest BCUT2D eigenvalue weighted by atomic mass is 9.75. The molecule has 0 saturated heterocycles. The van der Waals surface area contributed by atoms with E-state index in [0.717, 1.165) is 83.3 Å². The van der Waals surface area contributed by atoms with Crippen molar-refractivity contribution in [2.45, 2.75) is 12.3 Å². The van der Waals surface area contributed by atoms with Crippen molar-refractivity contribution in [3.05, 3.63) is 241 Å². The zero-order valence-corrected chi connectivity index (χ0v) is 37.8. The Balaban J connectivity index is 1.02. The standard InChI is InChI=1S/C65H40N4O/c1-2-15-40(16-3-1)53-34-44-29-30-45(35-54(44)50-25-11-10-24-49(50)53)63-66-64(52-27-14-21-39-17-6-8-22-47(39)52)68-65(67-63)57-38-46(37-56-61-48-23-9-7-18-41(48)31-32-60(61)70-62(56)57)69-58-28-13-12-26-51(58)55-33-42-19-4-5-20-43(42)36-59(55)69/h1-33,35-38,53H,34H2/t53-/m0/s1. The van der Waals surface area contributed by atoms with Gasteiger partial charge in [-0.3, -0.25) is 0 Å². The Labute approximate surface area is 402 Å². The maximum atomic E-state index is 7.06. The maximum Gasteiger partial charge on any atom is 0.167 e. The summed E-state index contributed by atoms with van der Waals surface area (Å²) in [6.07, 6.45) is 0.907. The lowest BCUT2D eigenvalue weighted by Gasteiger charge is -2.28. The topological polar surface area (TPSA) is 56.7 Å². The van der Waals surface area contributed by atoms with E-state index in [-0.39, 0.29) is 5.92 Å². The summed E-state index contributed by atoms with van der Waals surface area (Å²) in [4.78, 5) is 16.4. The van der Waals surface area contributed by atoms with Crippen molar-refractivity contribution >= 4 is 76.1 Å². The number of hydrogen-bond donors (Lipinski definition) is 0. The van der Waals surface area contributed by atoms with Crippen LogP contribution in [0, 0.1) is 0 Å². The Morgan fingerprint density at radius 3 is 1.91 bits per heavy atom. The molecule has 0 N–H and O–H groups in total. The van der Waals surface area contributed by atoms with E-state index in [0.29, 0.717) is 17.5 Å². The summed E-state index contributed by atoms with van der Waals surface area (Å²) >= 11 is 0. The first-order chi connectivity index (χ1) is 34.7. The first-order valence-corrected chi connectivity index (χ1v) is 24.0. The molecule has 0 bridgehead atoms. The predicted molar refractivity (Wildman–Crippen MR) is 288 cm³/mol. The van der Waals surface area contributed by atoms with Gasteiger partial charge in [0.05, 0.1) is 16.6 Å². The maximum absolute atomic E-state index is 7.06. The molecule has 326 valence electrons. The highest BCUT2D eigenvalue weighted by atomic mass is 16.3. The fourth-order valence-electron chi connectivity index (χ4n) is 11.5. The molecule has 1 aliphatic rings. The summed E-state index contributed by atoms with van der Waals surface area (Å²) in [5.74, 6) is 2.00. The van der Waals surface area contributed by atoms with Crippen LogP contribution in [0.3, 0.4) is 0 Å². The molecule has 0 amide bonds. The molecule has 3 aromatic heterocycles. The van der Waals surface area contributed by atoms with E-state index in [4.69, 9.17) is 19.4 Å². The normalized spacial score (nSPS) is 13.5. The summed E-state index contributed by atoms with van der Waals surface area (Å²) in [6, 6.07) is 80.7. The van der Waals surface area contributed by atoms with Crippen molar-refractivity contribution in [2.75, 3.05) is 0 Å². The number of nitrogens with zero attached hydrogens (tertiary/aromatic N) is 4. The molecule has 0 fully saturated rings. The van der Waals surface area contributed by atoms with Crippen LogP contribution in [0.2, 0.25) is 0 Å². The van der Waals surface area contributed by atoms with Gasteiger partial charge in [0, 0.05) is 44.3 Å². The SMILES string of the molecule is c1ccc([C@@H]2Cc3ccc(-c4nc(-c5cccc6ccccc56)nc(-c5cc(-n6c7ccccc7c7cc8ccccc8cc76)cc6c5oc5ccc7ccccc7c56)n4)cc3-c3ccccc32)cc1. The first kappa shape index (κ1) is 38.9. The van der Waals surface area contributed by atoms with Crippen LogP contribution < -0.4 is 0 Å². The quantitative estimate of drug-likeness (QED) is 0.173. The van der Waals surface area contributed by atoms with E-state index in [1.165, 1.54) is 49.4 Å². The van der Waals surface area contributed by atoms with Gasteiger partial charge in [-0.1, -0.05) is 182 Å². The molecule has 0 aliphatic heterocycles. The van der Waals surface area contributed by atoms with Crippen LogP contribution in [0.5, 0.6) is 0 Å². The third kappa shape index (κ3) is 5.95. The van der Waals surface area contributed by atoms with E-state index in [1.54, 1.807) is 0 Å². The summed E-state index contributed by atoms with van der Waals surface area (Å²) in [6.45, 7) is 0. The molecular weight excluding hydrogens is 853 g/mol. The average molecular weight is 893 g/mol. The van der Waals surface area contributed by atoms with Crippen LogP contribution in [0.1, 0.15) is 22.6 Å². The van der Waals surface area contributed by atoms with Crippen LogP contribution in [0.15, 0.2) is 229 Å². The highest BCUT2D eigenvalue weighted by Gasteiger charge is 2.28. The molecule has 0 radical (unpaired) electrons. The predicted octanol–water partition coefficient (Wildman–Crippen LogP) is 16.7. The van der Waals surface area contributed by atoms with Crippen molar-refractivity contribution in [1.29, 1.82) is 0 Å².